The van der Waals surface area contributed by atoms with Crippen LogP contribution in [0.5, 0.6) is 0 Å². The van der Waals surface area contributed by atoms with Crippen molar-refractivity contribution in [2.45, 2.75) is 88.1 Å². The van der Waals surface area contributed by atoms with Crippen molar-refractivity contribution >= 4 is 32.1 Å². The van der Waals surface area contributed by atoms with Crippen molar-refractivity contribution < 1.29 is 8.85 Å². The molecule has 0 radical (unpaired) electrons. The van der Waals surface area contributed by atoms with Gasteiger partial charge in [-0.15, -0.1) is 23.2 Å². The number of rotatable bonds is 8. The number of alkyl halides is 2. The molecule has 0 aromatic heterocycles. The van der Waals surface area contributed by atoms with Gasteiger partial charge in [-0.05, 0) is 39.5 Å². The summed E-state index contributed by atoms with van der Waals surface area (Å²) in [7, 11) is -2.72. The second-order valence-corrected chi connectivity index (χ2v) is 10.1. The Labute approximate surface area is 152 Å². The normalized spacial score (nSPS) is 32.9. The Morgan fingerprint density at radius 3 is 1.52 bits per heavy atom. The molecule has 4 nitrogen and oxygen atoms in total. The smallest absolute Gasteiger partial charge is 0.371 e. The van der Waals surface area contributed by atoms with Gasteiger partial charge in [0.2, 0.25) is 0 Å². The zero-order valence-electron chi connectivity index (χ0n) is 14.5. The van der Waals surface area contributed by atoms with Crippen molar-refractivity contribution in [1.29, 1.82) is 0 Å². The fourth-order valence-corrected chi connectivity index (χ4v) is 7.52. The van der Waals surface area contributed by atoms with Gasteiger partial charge in [0.1, 0.15) is 0 Å². The molecule has 0 saturated heterocycles. The Morgan fingerprint density at radius 2 is 1.17 bits per heavy atom. The van der Waals surface area contributed by atoms with E-state index in [0.29, 0.717) is 13.2 Å². The van der Waals surface area contributed by atoms with Gasteiger partial charge in [0, 0.05) is 36.1 Å². The summed E-state index contributed by atoms with van der Waals surface area (Å²) < 4.78 is 12.3. The standard InChI is InChI=1S/C16H32Cl2N2O2Si/c1-3-21-23(22-4-2,19-15-11-7-5-9-13(15)17)20-16-12-8-6-10-14(16)18/h13-16,19-20H,3-12H2,1-2H3. The molecule has 2 saturated carbocycles. The first-order valence-electron chi connectivity index (χ1n) is 9.21. The minimum atomic E-state index is -2.72. The van der Waals surface area contributed by atoms with Crippen molar-refractivity contribution in [3.8, 4) is 0 Å². The van der Waals surface area contributed by atoms with Crippen molar-refractivity contribution in [3.63, 3.8) is 0 Å². The van der Waals surface area contributed by atoms with Crippen LogP contribution in [0.3, 0.4) is 0 Å². The number of halogens is 2. The second-order valence-electron chi connectivity index (χ2n) is 6.59. The van der Waals surface area contributed by atoms with Crippen molar-refractivity contribution in [2.24, 2.45) is 0 Å². The third-order valence-electron chi connectivity index (χ3n) is 4.81. The summed E-state index contributed by atoms with van der Waals surface area (Å²) >= 11 is 13.1. The van der Waals surface area contributed by atoms with E-state index >= 15 is 0 Å². The van der Waals surface area contributed by atoms with Crippen molar-refractivity contribution in [3.05, 3.63) is 0 Å². The highest BCUT2D eigenvalue weighted by Crippen LogP contribution is 2.27. The number of hydrogen-bond donors (Lipinski definition) is 2. The fraction of sp³-hybridized carbons (Fsp3) is 1.00. The van der Waals surface area contributed by atoms with Crippen LogP contribution in [-0.2, 0) is 8.85 Å². The maximum absolute atomic E-state index is 6.56. The van der Waals surface area contributed by atoms with E-state index in [-0.39, 0.29) is 22.8 Å². The summed E-state index contributed by atoms with van der Waals surface area (Å²) in [5, 5.41) is 0.299. The van der Waals surface area contributed by atoms with Gasteiger partial charge in [-0.2, -0.15) is 0 Å². The molecule has 0 aromatic carbocycles. The first kappa shape index (κ1) is 20.0. The van der Waals surface area contributed by atoms with Crippen LogP contribution in [0.15, 0.2) is 0 Å². The van der Waals surface area contributed by atoms with Crippen LogP contribution in [0.4, 0.5) is 0 Å². The van der Waals surface area contributed by atoms with Crippen molar-refractivity contribution in [1.82, 2.24) is 9.96 Å². The molecular formula is C16H32Cl2N2O2Si. The quantitative estimate of drug-likeness (QED) is 0.495. The summed E-state index contributed by atoms with van der Waals surface area (Å²) in [5.41, 5.74) is 0. The summed E-state index contributed by atoms with van der Waals surface area (Å²) in [6.07, 6.45) is 9.14. The Balaban J connectivity index is 2.09. The Bertz CT molecular complexity index is 320. The van der Waals surface area contributed by atoms with Crippen LogP contribution < -0.4 is 9.96 Å². The molecular weight excluding hydrogens is 351 g/mol. The highest BCUT2D eigenvalue weighted by Gasteiger charge is 2.46. The molecule has 0 spiro atoms. The Kier molecular flexibility index (Phi) is 8.63. The molecule has 2 fully saturated rings. The van der Waals surface area contributed by atoms with Gasteiger partial charge in [-0.3, -0.25) is 9.96 Å². The predicted octanol–water partition coefficient (Wildman–Crippen LogP) is 3.77. The second kappa shape index (κ2) is 9.95. The summed E-state index contributed by atoms with van der Waals surface area (Å²) in [6.45, 7) is 5.27. The summed E-state index contributed by atoms with van der Waals surface area (Å²) in [4.78, 5) is 7.36. The SMILES string of the molecule is CCO[Si](NC1CCCCC1Cl)(NC1CCCCC1Cl)OCC. The highest BCUT2D eigenvalue weighted by atomic mass is 35.5. The average Bonchev–Trinajstić information content (AvgIpc) is 2.52. The number of hydrogen-bond acceptors (Lipinski definition) is 4. The van der Waals surface area contributed by atoms with E-state index in [1.165, 1.54) is 25.7 Å². The molecule has 4 atom stereocenters. The third kappa shape index (κ3) is 5.84. The average molecular weight is 383 g/mol. The predicted molar refractivity (Wildman–Crippen MR) is 99.1 cm³/mol. The van der Waals surface area contributed by atoms with E-state index in [4.69, 9.17) is 32.1 Å². The molecule has 0 amide bonds. The molecule has 2 N–H and O–H groups in total. The highest BCUT2D eigenvalue weighted by molar-refractivity contribution is 6.62. The Hall–Kier alpha value is 0.637. The molecule has 0 bridgehead atoms. The first-order chi connectivity index (χ1) is 11.1. The zero-order chi connectivity index (χ0) is 16.7. The van der Waals surface area contributed by atoms with E-state index in [0.717, 1.165) is 25.7 Å². The van der Waals surface area contributed by atoms with E-state index in [9.17, 15) is 0 Å². The van der Waals surface area contributed by atoms with Crippen molar-refractivity contribution in [2.75, 3.05) is 13.2 Å². The van der Waals surface area contributed by atoms with Crippen LogP contribution in [0.25, 0.3) is 0 Å². The molecule has 2 aliphatic carbocycles. The lowest BCUT2D eigenvalue weighted by atomic mass is 9.96. The zero-order valence-corrected chi connectivity index (χ0v) is 17.0. The van der Waals surface area contributed by atoms with Crippen LogP contribution in [0.1, 0.15) is 65.2 Å². The Morgan fingerprint density at radius 1 is 0.783 bits per heavy atom. The lowest BCUT2D eigenvalue weighted by Gasteiger charge is -2.41. The molecule has 136 valence electrons. The lowest BCUT2D eigenvalue weighted by molar-refractivity contribution is 0.143. The maximum Gasteiger partial charge on any atom is 0.517 e. The first-order valence-corrected chi connectivity index (χ1v) is 11.9. The molecule has 2 aliphatic rings. The topological polar surface area (TPSA) is 42.5 Å². The maximum atomic E-state index is 6.56. The van der Waals surface area contributed by atoms with Gasteiger partial charge in [0.15, 0.2) is 0 Å². The summed E-state index contributed by atoms with van der Waals surface area (Å²) in [6, 6.07) is 0.500. The van der Waals surface area contributed by atoms with Gasteiger partial charge in [-0.1, -0.05) is 25.7 Å². The van der Waals surface area contributed by atoms with E-state index in [2.05, 4.69) is 9.96 Å². The lowest BCUT2D eigenvalue weighted by Crippen LogP contribution is -2.73. The molecule has 2 rings (SSSR count). The van der Waals surface area contributed by atoms with Gasteiger partial charge in [-0.25, -0.2) is 0 Å². The minimum Gasteiger partial charge on any atom is -0.371 e. The van der Waals surface area contributed by atoms with Gasteiger partial charge < -0.3 is 8.85 Å². The summed E-state index contributed by atoms with van der Waals surface area (Å²) in [5.74, 6) is 0. The minimum absolute atomic E-state index is 0.150. The molecule has 4 unspecified atom stereocenters. The molecule has 0 heterocycles. The van der Waals surface area contributed by atoms with E-state index < -0.39 is 8.88 Å². The molecule has 0 aromatic rings. The van der Waals surface area contributed by atoms with E-state index in [1.807, 2.05) is 13.8 Å². The number of nitrogens with one attached hydrogen (secondary N) is 2. The van der Waals surface area contributed by atoms with Crippen LogP contribution in [0, 0.1) is 0 Å². The third-order valence-corrected chi connectivity index (χ3v) is 8.75. The van der Waals surface area contributed by atoms with Crippen LogP contribution in [-0.4, -0.2) is 44.9 Å². The van der Waals surface area contributed by atoms with E-state index in [1.54, 1.807) is 0 Å². The molecule has 23 heavy (non-hydrogen) atoms. The van der Waals surface area contributed by atoms with Crippen LogP contribution >= 0.6 is 23.2 Å². The molecule has 7 heteroatoms. The van der Waals surface area contributed by atoms with Gasteiger partial charge >= 0.3 is 8.88 Å². The van der Waals surface area contributed by atoms with Gasteiger partial charge in [0.05, 0.1) is 0 Å². The monoisotopic (exact) mass is 382 g/mol. The van der Waals surface area contributed by atoms with Crippen LogP contribution in [0.2, 0.25) is 0 Å². The van der Waals surface area contributed by atoms with Gasteiger partial charge in [0.25, 0.3) is 0 Å². The molecule has 0 aliphatic heterocycles. The largest absolute Gasteiger partial charge is 0.517 e. The fourth-order valence-electron chi connectivity index (χ4n) is 3.64.